The van der Waals surface area contributed by atoms with Gasteiger partial charge < -0.3 is 9.84 Å². The minimum atomic E-state index is -0.341. The van der Waals surface area contributed by atoms with Crippen molar-refractivity contribution in [3.63, 3.8) is 0 Å². The number of allylic oxidation sites excluding steroid dienone is 2. The Morgan fingerprint density at radius 2 is 1.63 bits per heavy atom. The van der Waals surface area contributed by atoms with Gasteiger partial charge in [-0.2, -0.15) is 0 Å². The normalized spacial score (nSPS) is 52.2. The summed E-state index contributed by atoms with van der Waals surface area (Å²) in [7, 11) is 1.59. The number of rotatable bonds is 1. The van der Waals surface area contributed by atoms with Crippen LogP contribution in [-0.4, -0.2) is 29.1 Å². The second kappa shape index (κ2) is 7.84. The first kappa shape index (κ1) is 26.3. The summed E-state index contributed by atoms with van der Waals surface area (Å²) in [6.07, 6.45) is 11.9. The van der Waals surface area contributed by atoms with E-state index in [1.54, 1.807) is 12.7 Å². The van der Waals surface area contributed by atoms with Crippen molar-refractivity contribution in [2.24, 2.45) is 50.2 Å². The summed E-state index contributed by atoms with van der Waals surface area (Å²) < 4.78 is 5.50. The third kappa shape index (κ3) is 3.26. The molecule has 0 spiro atoms. The molecule has 0 unspecified atom stereocenters. The average molecular weight is 550 g/mol. The van der Waals surface area contributed by atoms with E-state index in [0.29, 0.717) is 17.8 Å². The molecule has 4 saturated carbocycles. The highest BCUT2D eigenvalue weighted by Crippen LogP contribution is 2.76. The topological polar surface area (TPSA) is 46.5 Å². The molecule has 0 saturated heterocycles. The minimum Gasteiger partial charge on any atom is -0.469 e. The molecular formula is C31H49BrO3. The van der Waals surface area contributed by atoms with Crippen LogP contribution in [0.25, 0.3) is 0 Å². The first-order valence-electron chi connectivity index (χ1n) is 14.2. The molecule has 5 rings (SSSR count). The number of esters is 1. The number of alkyl halides is 1. The molecular weight excluding hydrogens is 500 g/mol. The maximum atomic E-state index is 13.4. The first-order chi connectivity index (χ1) is 16.1. The summed E-state index contributed by atoms with van der Waals surface area (Å²) in [4.78, 5) is 13.5. The molecule has 1 N–H and O–H groups in total. The third-order valence-electron chi connectivity index (χ3n) is 13.1. The van der Waals surface area contributed by atoms with Gasteiger partial charge in [-0.1, -0.05) is 76.0 Å². The zero-order valence-corrected chi connectivity index (χ0v) is 25.1. The van der Waals surface area contributed by atoms with Crippen LogP contribution >= 0.6 is 15.9 Å². The maximum absolute atomic E-state index is 13.4. The van der Waals surface area contributed by atoms with Gasteiger partial charge in [-0.25, -0.2) is 0 Å². The number of ether oxygens (including phenoxy) is 1. The highest BCUT2D eigenvalue weighted by Gasteiger charge is 2.70. The third-order valence-corrected chi connectivity index (χ3v) is 14.9. The molecule has 5 aliphatic rings. The molecule has 0 heterocycles. The van der Waals surface area contributed by atoms with E-state index in [9.17, 15) is 9.90 Å². The molecule has 4 fully saturated rings. The Bertz CT molecular complexity index is 938. The lowest BCUT2D eigenvalue weighted by Gasteiger charge is -2.71. The molecule has 0 aromatic heterocycles. The molecule has 0 aromatic rings. The van der Waals surface area contributed by atoms with Crippen molar-refractivity contribution in [1.82, 2.24) is 0 Å². The molecule has 0 amide bonds. The van der Waals surface area contributed by atoms with E-state index in [-0.39, 0.29) is 49.4 Å². The van der Waals surface area contributed by atoms with E-state index in [1.165, 1.54) is 12.8 Å². The number of carbonyl (C=O) groups is 1. The van der Waals surface area contributed by atoms with Crippen LogP contribution in [0.4, 0.5) is 0 Å². The van der Waals surface area contributed by atoms with Crippen molar-refractivity contribution in [2.45, 2.75) is 117 Å². The van der Waals surface area contributed by atoms with E-state index < -0.39 is 0 Å². The number of aliphatic hydroxyl groups excluding tert-OH is 1. The van der Waals surface area contributed by atoms with E-state index in [0.717, 1.165) is 44.9 Å². The Labute approximate surface area is 222 Å². The van der Waals surface area contributed by atoms with Crippen molar-refractivity contribution in [2.75, 3.05) is 7.11 Å². The van der Waals surface area contributed by atoms with Crippen LogP contribution in [0.5, 0.6) is 0 Å². The van der Waals surface area contributed by atoms with Crippen LogP contribution in [-0.2, 0) is 9.53 Å². The second-order valence-electron chi connectivity index (χ2n) is 15.4. The summed E-state index contributed by atoms with van der Waals surface area (Å²) in [6, 6.07) is 0. The van der Waals surface area contributed by atoms with E-state index in [2.05, 4.69) is 70.5 Å². The van der Waals surface area contributed by atoms with Crippen LogP contribution in [0.15, 0.2) is 11.6 Å². The highest BCUT2D eigenvalue weighted by molar-refractivity contribution is 9.09. The van der Waals surface area contributed by atoms with Crippen molar-refractivity contribution in [3.8, 4) is 0 Å². The van der Waals surface area contributed by atoms with Gasteiger partial charge in [-0.3, -0.25) is 4.79 Å². The Morgan fingerprint density at radius 3 is 2.29 bits per heavy atom. The van der Waals surface area contributed by atoms with Crippen molar-refractivity contribution >= 4 is 21.9 Å². The summed E-state index contributed by atoms with van der Waals surface area (Å²) in [6.45, 7) is 17.2. The fraction of sp³-hybridized carbons (Fsp3) is 0.903. The highest BCUT2D eigenvalue weighted by atomic mass is 79.9. The molecule has 4 heteroatoms. The Kier molecular flexibility index (Phi) is 5.88. The van der Waals surface area contributed by atoms with E-state index >= 15 is 0 Å². The van der Waals surface area contributed by atoms with Gasteiger partial charge in [0.05, 0.1) is 18.6 Å². The molecule has 0 bridgehead atoms. The van der Waals surface area contributed by atoms with Crippen molar-refractivity contribution < 1.29 is 14.6 Å². The first-order valence-corrected chi connectivity index (χ1v) is 15.1. The van der Waals surface area contributed by atoms with E-state index in [1.807, 2.05) is 0 Å². The maximum Gasteiger partial charge on any atom is 0.312 e. The number of fused-ring (bicyclic) bond motifs is 7. The van der Waals surface area contributed by atoms with Gasteiger partial charge in [-0.05, 0) is 103 Å². The SMILES string of the molecule is COC(=O)[C@]12CCC(C)(C)C[C@H]1C1=CC[C@@H]3[C@@]4(C)C[C@@H](O)[C@H](Br)C(C)(C)[C@@H]4CC[C@@]3(C)[C@]1(C)CC2. The number of hydrogen-bond acceptors (Lipinski definition) is 3. The van der Waals surface area contributed by atoms with Gasteiger partial charge in [0.1, 0.15) is 0 Å². The van der Waals surface area contributed by atoms with Crippen LogP contribution in [0.1, 0.15) is 106 Å². The number of aliphatic hydroxyl groups is 1. The molecule has 0 aromatic carbocycles. The van der Waals surface area contributed by atoms with Crippen LogP contribution < -0.4 is 0 Å². The second-order valence-corrected chi connectivity index (χ2v) is 16.3. The smallest absolute Gasteiger partial charge is 0.312 e. The lowest BCUT2D eigenvalue weighted by atomic mass is 9.33. The number of carbonyl (C=O) groups excluding carboxylic acids is 1. The van der Waals surface area contributed by atoms with Crippen LogP contribution in [0.2, 0.25) is 0 Å². The number of methoxy groups -OCH3 is 1. The van der Waals surface area contributed by atoms with Gasteiger partial charge in [0, 0.05) is 4.83 Å². The molecule has 0 radical (unpaired) electrons. The van der Waals surface area contributed by atoms with Gasteiger partial charge in [0.2, 0.25) is 0 Å². The standard InChI is InChI=1S/C31H49BrO3/c1-26(2)13-15-31(25(34)35-8)16-14-29(6)19(20(31)17-26)9-10-23-28(5)18-21(33)24(32)27(3,4)22(28)11-12-30(23,29)7/h9,20-24,33H,10-18H2,1-8H3/t20-,21+,22-,23+,24-,28-,29+,30+,31-/m0/s1. The van der Waals surface area contributed by atoms with Crippen LogP contribution in [0.3, 0.4) is 0 Å². The summed E-state index contributed by atoms with van der Waals surface area (Å²) in [5.41, 5.74) is 1.96. The minimum absolute atomic E-state index is 0.0319. The van der Waals surface area contributed by atoms with Crippen LogP contribution in [0, 0.1) is 50.2 Å². The zero-order valence-electron chi connectivity index (χ0n) is 23.5. The monoisotopic (exact) mass is 548 g/mol. The van der Waals surface area contributed by atoms with Crippen molar-refractivity contribution in [3.05, 3.63) is 11.6 Å². The average Bonchev–Trinajstić information content (AvgIpc) is 2.77. The predicted octanol–water partition coefficient (Wildman–Crippen LogP) is 7.70. The summed E-state index contributed by atoms with van der Waals surface area (Å²) in [5, 5.41) is 11.2. The van der Waals surface area contributed by atoms with Crippen molar-refractivity contribution in [1.29, 1.82) is 0 Å². The van der Waals surface area contributed by atoms with Gasteiger partial charge in [0.25, 0.3) is 0 Å². The number of hydrogen-bond donors (Lipinski definition) is 1. The molecule has 3 nitrogen and oxygen atoms in total. The lowest BCUT2D eigenvalue weighted by Crippen LogP contribution is -2.66. The molecule has 0 aliphatic heterocycles. The quantitative estimate of drug-likeness (QED) is 0.207. The lowest BCUT2D eigenvalue weighted by molar-refractivity contribution is -0.199. The van der Waals surface area contributed by atoms with E-state index in [4.69, 9.17) is 4.74 Å². The Morgan fingerprint density at radius 1 is 0.971 bits per heavy atom. The number of halogens is 1. The molecule has 5 aliphatic carbocycles. The largest absolute Gasteiger partial charge is 0.469 e. The fourth-order valence-corrected chi connectivity index (χ4v) is 11.4. The zero-order chi connectivity index (χ0) is 25.8. The van der Waals surface area contributed by atoms with Gasteiger partial charge in [0.15, 0.2) is 0 Å². The van der Waals surface area contributed by atoms with Gasteiger partial charge in [-0.15, -0.1) is 0 Å². The Balaban J connectivity index is 1.61. The summed E-state index contributed by atoms with van der Waals surface area (Å²) >= 11 is 3.90. The fourth-order valence-electron chi connectivity index (χ4n) is 10.9. The Hall–Kier alpha value is -0.350. The molecule has 9 atom stereocenters. The molecule has 198 valence electrons. The van der Waals surface area contributed by atoms with Gasteiger partial charge >= 0.3 is 5.97 Å². The molecule has 35 heavy (non-hydrogen) atoms. The predicted molar refractivity (Wildman–Crippen MR) is 145 cm³/mol. The summed E-state index contributed by atoms with van der Waals surface area (Å²) in [5.74, 6) is 1.48.